The SMILES string of the molecule is c1ccc(-c2ccc(-c3cccc(-c4cncc(-c5ccccc5-c5ccnc(-c6ccccc6)c5)c4)c3)cn2)cc1. The summed E-state index contributed by atoms with van der Waals surface area (Å²) in [6, 6.07) is 48.3. The molecule has 0 saturated carbocycles. The van der Waals surface area contributed by atoms with Crippen molar-refractivity contribution in [2.24, 2.45) is 0 Å². The van der Waals surface area contributed by atoms with Crippen molar-refractivity contribution < 1.29 is 0 Å². The van der Waals surface area contributed by atoms with E-state index in [0.29, 0.717) is 0 Å². The lowest BCUT2D eigenvalue weighted by atomic mass is 9.93. The molecule has 3 heterocycles. The lowest BCUT2D eigenvalue weighted by Crippen LogP contribution is -1.90. The Balaban J connectivity index is 1.21. The first kappa shape index (κ1) is 25.3. The predicted octanol–water partition coefficient (Wildman–Crippen LogP) is 9.87. The van der Waals surface area contributed by atoms with Crippen molar-refractivity contribution in [3.05, 3.63) is 164 Å². The summed E-state index contributed by atoms with van der Waals surface area (Å²) in [6.45, 7) is 0. The maximum Gasteiger partial charge on any atom is 0.0708 e. The normalized spacial score (nSPS) is 10.9. The smallest absolute Gasteiger partial charge is 0.0708 e. The van der Waals surface area contributed by atoms with Crippen LogP contribution in [0, 0.1) is 0 Å². The van der Waals surface area contributed by atoms with Gasteiger partial charge in [-0.15, -0.1) is 0 Å². The number of hydrogen-bond donors (Lipinski definition) is 0. The molecule has 42 heavy (non-hydrogen) atoms. The van der Waals surface area contributed by atoms with Gasteiger partial charge in [0.15, 0.2) is 0 Å². The van der Waals surface area contributed by atoms with Crippen molar-refractivity contribution in [2.45, 2.75) is 0 Å². The molecule has 0 N–H and O–H groups in total. The molecule has 0 radical (unpaired) electrons. The maximum atomic E-state index is 4.73. The maximum absolute atomic E-state index is 4.73. The van der Waals surface area contributed by atoms with Gasteiger partial charge in [0.05, 0.1) is 11.4 Å². The molecule has 0 unspecified atom stereocenters. The second kappa shape index (κ2) is 11.4. The Morgan fingerprint density at radius 2 is 0.905 bits per heavy atom. The van der Waals surface area contributed by atoms with Gasteiger partial charge in [0.1, 0.15) is 0 Å². The number of hydrogen-bond acceptors (Lipinski definition) is 3. The lowest BCUT2D eigenvalue weighted by Gasteiger charge is -2.13. The Bertz CT molecular complexity index is 1960. The fourth-order valence-corrected chi connectivity index (χ4v) is 5.32. The summed E-state index contributed by atoms with van der Waals surface area (Å²) in [7, 11) is 0. The third kappa shape index (κ3) is 5.24. The van der Waals surface area contributed by atoms with Crippen molar-refractivity contribution in [3.8, 4) is 67.0 Å². The second-order valence-electron chi connectivity index (χ2n) is 10.2. The summed E-state index contributed by atoms with van der Waals surface area (Å²) in [6.07, 6.45) is 7.71. The van der Waals surface area contributed by atoms with E-state index in [9.17, 15) is 0 Å². The summed E-state index contributed by atoms with van der Waals surface area (Å²) in [5.41, 5.74) is 13.0. The van der Waals surface area contributed by atoms with Crippen molar-refractivity contribution in [1.29, 1.82) is 0 Å². The van der Waals surface area contributed by atoms with Gasteiger partial charge in [-0.2, -0.15) is 0 Å². The number of aromatic nitrogens is 3. The fraction of sp³-hybridized carbons (Fsp3) is 0. The molecule has 0 fully saturated rings. The Morgan fingerprint density at radius 3 is 1.62 bits per heavy atom. The fourth-order valence-electron chi connectivity index (χ4n) is 5.32. The first-order valence-electron chi connectivity index (χ1n) is 14.0. The number of pyridine rings is 3. The minimum Gasteiger partial charge on any atom is -0.263 e. The van der Waals surface area contributed by atoms with Crippen molar-refractivity contribution >= 4 is 0 Å². The van der Waals surface area contributed by atoms with Crippen LogP contribution in [0.4, 0.5) is 0 Å². The van der Waals surface area contributed by atoms with Crippen LogP contribution in [-0.4, -0.2) is 15.0 Å². The van der Waals surface area contributed by atoms with E-state index in [2.05, 4.69) is 113 Å². The number of nitrogens with zero attached hydrogens (tertiary/aromatic N) is 3. The van der Waals surface area contributed by atoms with Crippen LogP contribution < -0.4 is 0 Å². The zero-order valence-electron chi connectivity index (χ0n) is 22.9. The average Bonchev–Trinajstić information content (AvgIpc) is 3.09. The molecule has 3 aromatic heterocycles. The highest BCUT2D eigenvalue weighted by Crippen LogP contribution is 2.35. The molecule has 0 saturated heterocycles. The van der Waals surface area contributed by atoms with E-state index in [1.54, 1.807) is 0 Å². The van der Waals surface area contributed by atoms with Crippen LogP contribution in [0.1, 0.15) is 0 Å². The molecule has 3 heteroatoms. The number of rotatable bonds is 6. The molecule has 198 valence electrons. The van der Waals surface area contributed by atoms with Crippen LogP contribution in [-0.2, 0) is 0 Å². The molecule has 0 bridgehead atoms. The Hall–Kier alpha value is -5.67. The molecule has 3 nitrogen and oxygen atoms in total. The topological polar surface area (TPSA) is 38.7 Å². The Labute approximate surface area is 245 Å². The summed E-state index contributed by atoms with van der Waals surface area (Å²) >= 11 is 0. The van der Waals surface area contributed by atoms with Crippen LogP contribution in [0.2, 0.25) is 0 Å². The highest BCUT2D eigenvalue weighted by Gasteiger charge is 2.11. The van der Waals surface area contributed by atoms with E-state index in [-0.39, 0.29) is 0 Å². The van der Waals surface area contributed by atoms with E-state index in [0.717, 1.165) is 67.0 Å². The first-order valence-corrected chi connectivity index (χ1v) is 14.0. The van der Waals surface area contributed by atoms with Gasteiger partial charge in [-0.25, -0.2) is 0 Å². The van der Waals surface area contributed by atoms with Gasteiger partial charge in [-0.3, -0.25) is 15.0 Å². The summed E-state index contributed by atoms with van der Waals surface area (Å²) in [5, 5.41) is 0. The molecule has 0 spiro atoms. The Morgan fingerprint density at radius 1 is 0.310 bits per heavy atom. The quantitative estimate of drug-likeness (QED) is 0.212. The monoisotopic (exact) mass is 537 g/mol. The molecule has 0 aliphatic carbocycles. The van der Waals surface area contributed by atoms with Crippen molar-refractivity contribution in [1.82, 2.24) is 15.0 Å². The van der Waals surface area contributed by atoms with E-state index < -0.39 is 0 Å². The van der Waals surface area contributed by atoms with Crippen molar-refractivity contribution in [3.63, 3.8) is 0 Å². The van der Waals surface area contributed by atoms with Crippen molar-refractivity contribution in [2.75, 3.05) is 0 Å². The summed E-state index contributed by atoms with van der Waals surface area (Å²) in [4.78, 5) is 14.0. The van der Waals surface area contributed by atoms with Crippen LogP contribution in [0.3, 0.4) is 0 Å². The van der Waals surface area contributed by atoms with Crippen LogP contribution in [0.15, 0.2) is 164 Å². The predicted molar refractivity (Wildman–Crippen MR) is 172 cm³/mol. The van der Waals surface area contributed by atoms with E-state index >= 15 is 0 Å². The third-order valence-corrected chi connectivity index (χ3v) is 7.48. The minimum atomic E-state index is 0.956. The van der Waals surface area contributed by atoms with Gasteiger partial charge in [0.2, 0.25) is 0 Å². The largest absolute Gasteiger partial charge is 0.263 e. The molecule has 0 amide bonds. The highest BCUT2D eigenvalue weighted by atomic mass is 14.7. The first-order chi connectivity index (χ1) is 20.8. The summed E-state index contributed by atoms with van der Waals surface area (Å²) < 4.78 is 0. The highest BCUT2D eigenvalue weighted by molar-refractivity contribution is 5.86. The minimum absolute atomic E-state index is 0.956. The third-order valence-electron chi connectivity index (χ3n) is 7.48. The van der Waals surface area contributed by atoms with Gasteiger partial charge in [-0.05, 0) is 58.1 Å². The number of benzene rings is 4. The van der Waals surface area contributed by atoms with E-state index in [1.165, 1.54) is 0 Å². The van der Waals surface area contributed by atoms with Gasteiger partial charge in [0, 0.05) is 52.6 Å². The molecule has 0 atom stereocenters. The van der Waals surface area contributed by atoms with Gasteiger partial charge < -0.3 is 0 Å². The van der Waals surface area contributed by atoms with Gasteiger partial charge in [-0.1, -0.05) is 109 Å². The van der Waals surface area contributed by atoms with E-state index in [4.69, 9.17) is 4.98 Å². The molecule has 7 aromatic rings. The van der Waals surface area contributed by atoms with Crippen LogP contribution >= 0.6 is 0 Å². The second-order valence-corrected chi connectivity index (χ2v) is 10.2. The van der Waals surface area contributed by atoms with Crippen LogP contribution in [0.5, 0.6) is 0 Å². The lowest BCUT2D eigenvalue weighted by molar-refractivity contribution is 1.32. The average molecular weight is 538 g/mol. The molecular weight excluding hydrogens is 510 g/mol. The molecule has 0 aliphatic rings. The van der Waals surface area contributed by atoms with Gasteiger partial charge >= 0.3 is 0 Å². The summed E-state index contributed by atoms with van der Waals surface area (Å²) in [5.74, 6) is 0. The zero-order valence-corrected chi connectivity index (χ0v) is 22.9. The van der Waals surface area contributed by atoms with Crippen LogP contribution in [0.25, 0.3) is 67.0 Å². The standard InChI is InChI=1S/C39H27N3/c1-3-10-28(11-4-1)38-19-18-33(27-42-38)30-14-9-15-31(22-30)34-23-35(26-40-25-34)37-17-8-7-16-36(37)32-20-21-41-39(24-32)29-12-5-2-6-13-29/h1-27H. The zero-order chi connectivity index (χ0) is 28.1. The molecular formula is C39H27N3. The molecule has 0 aliphatic heterocycles. The Kier molecular flexibility index (Phi) is 6.89. The van der Waals surface area contributed by atoms with E-state index in [1.807, 2.05) is 61.2 Å². The van der Waals surface area contributed by atoms with Gasteiger partial charge in [0.25, 0.3) is 0 Å². The molecule has 7 rings (SSSR count). The molecule has 4 aromatic carbocycles.